The van der Waals surface area contributed by atoms with Gasteiger partial charge in [0.1, 0.15) is 0 Å². The van der Waals surface area contributed by atoms with Gasteiger partial charge in [0.05, 0.1) is 5.69 Å². The summed E-state index contributed by atoms with van der Waals surface area (Å²) < 4.78 is 0. The largest absolute Gasteiger partial charge is 0.348 e. The van der Waals surface area contributed by atoms with Crippen LogP contribution in [0, 0.1) is 12.8 Å². The summed E-state index contributed by atoms with van der Waals surface area (Å²) in [6, 6.07) is 10.4. The molecule has 2 aliphatic rings. The predicted octanol–water partition coefficient (Wildman–Crippen LogP) is 3.46. The Balaban J connectivity index is 0.00000140. The van der Waals surface area contributed by atoms with Crippen molar-refractivity contribution in [2.45, 2.75) is 31.7 Å². The molecule has 0 aliphatic carbocycles. The number of anilines is 1. The highest BCUT2D eigenvalue weighted by Crippen LogP contribution is 2.31. The molecule has 2 saturated heterocycles. The van der Waals surface area contributed by atoms with Gasteiger partial charge >= 0.3 is 0 Å². The second kappa shape index (κ2) is 9.92. The van der Waals surface area contributed by atoms with Crippen LogP contribution >= 0.6 is 36.2 Å². The van der Waals surface area contributed by atoms with Gasteiger partial charge in [-0.2, -0.15) is 0 Å². The molecule has 0 radical (unpaired) electrons. The van der Waals surface area contributed by atoms with Gasteiger partial charge in [-0.3, -0.25) is 4.79 Å². The molecule has 2 aliphatic heterocycles. The van der Waals surface area contributed by atoms with Crippen LogP contribution in [0.1, 0.15) is 30.0 Å². The number of hydrogen-bond acceptors (Lipinski definition) is 5. The molecule has 2 atom stereocenters. The molecule has 2 fully saturated rings. The number of benzene rings is 1. The molecule has 154 valence electrons. The molecule has 0 spiro atoms. The van der Waals surface area contributed by atoms with Crippen LogP contribution in [0.4, 0.5) is 5.13 Å². The van der Waals surface area contributed by atoms with Crippen molar-refractivity contribution in [1.82, 2.24) is 9.88 Å². The molecule has 1 amide bonds. The van der Waals surface area contributed by atoms with Gasteiger partial charge in [0.2, 0.25) is 5.91 Å². The highest BCUT2D eigenvalue weighted by molar-refractivity contribution is 7.13. The maximum Gasteiger partial charge on any atom is 0.225 e. The SMILES string of the molecule is Cc1csc(N2CCC(C(=O)N3C[C@@H](N)[C@H](c4ccccc4)C3)CC2)n1.Cl.Cl. The third-order valence-electron chi connectivity index (χ3n) is 5.63. The van der Waals surface area contributed by atoms with Crippen LogP contribution in [0.25, 0.3) is 0 Å². The van der Waals surface area contributed by atoms with E-state index in [4.69, 9.17) is 5.73 Å². The normalized spacial score (nSPS) is 22.5. The lowest BCUT2D eigenvalue weighted by molar-refractivity contribution is -0.135. The minimum Gasteiger partial charge on any atom is -0.348 e. The summed E-state index contributed by atoms with van der Waals surface area (Å²) in [7, 11) is 0. The van der Waals surface area contributed by atoms with Gasteiger partial charge in [0, 0.05) is 49.4 Å². The molecule has 5 nitrogen and oxygen atoms in total. The lowest BCUT2D eigenvalue weighted by Gasteiger charge is -2.33. The number of nitrogens with zero attached hydrogens (tertiary/aromatic N) is 3. The van der Waals surface area contributed by atoms with Crippen LogP contribution < -0.4 is 10.6 Å². The van der Waals surface area contributed by atoms with Gasteiger partial charge in [0.25, 0.3) is 0 Å². The molecule has 1 aromatic carbocycles. The number of rotatable bonds is 3. The summed E-state index contributed by atoms with van der Waals surface area (Å²) in [5.41, 5.74) is 8.67. The molecule has 8 heteroatoms. The molecule has 4 rings (SSSR count). The van der Waals surface area contributed by atoms with E-state index >= 15 is 0 Å². The summed E-state index contributed by atoms with van der Waals surface area (Å²) in [6.07, 6.45) is 1.80. The first kappa shape index (κ1) is 22.9. The smallest absolute Gasteiger partial charge is 0.225 e. The Bertz CT molecular complexity index is 765. The van der Waals surface area contributed by atoms with E-state index in [9.17, 15) is 4.79 Å². The highest BCUT2D eigenvalue weighted by atomic mass is 35.5. The Kier molecular flexibility index (Phi) is 8.13. The van der Waals surface area contributed by atoms with Gasteiger partial charge in [0.15, 0.2) is 5.13 Å². The number of thiazole rings is 1. The van der Waals surface area contributed by atoms with Gasteiger partial charge in [-0.05, 0) is 25.3 Å². The number of piperidine rings is 1. The van der Waals surface area contributed by atoms with Crippen LogP contribution in [0.15, 0.2) is 35.7 Å². The Labute approximate surface area is 183 Å². The van der Waals surface area contributed by atoms with E-state index in [0.29, 0.717) is 6.54 Å². The zero-order valence-corrected chi connectivity index (χ0v) is 18.4. The number of carbonyl (C=O) groups excluding carboxylic acids is 1. The molecule has 3 heterocycles. The van der Waals surface area contributed by atoms with Gasteiger partial charge in [-0.15, -0.1) is 36.2 Å². The average Bonchev–Trinajstić information content (AvgIpc) is 3.28. The Hall–Kier alpha value is -1.34. The number of hydrogen-bond donors (Lipinski definition) is 1. The quantitative estimate of drug-likeness (QED) is 0.789. The monoisotopic (exact) mass is 442 g/mol. The van der Waals surface area contributed by atoms with E-state index in [0.717, 1.165) is 43.3 Å². The van der Waals surface area contributed by atoms with E-state index in [1.807, 2.05) is 30.0 Å². The zero-order chi connectivity index (χ0) is 18.1. The standard InChI is InChI=1S/C20H26N4OS.2ClH/c1-14-13-26-20(22-14)23-9-7-16(8-10-23)19(25)24-11-17(18(21)12-24)15-5-3-2-4-6-15;;/h2-6,13,16-18H,7-12,21H2,1H3;2*1H/t17-,18+;;/m0../s1. The van der Waals surface area contributed by atoms with Gasteiger partial charge < -0.3 is 15.5 Å². The van der Waals surface area contributed by atoms with Crippen molar-refractivity contribution in [3.05, 3.63) is 47.0 Å². The predicted molar refractivity (Wildman–Crippen MR) is 120 cm³/mol. The molecule has 0 saturated carbocycles. The Morgan fingerprint density at radius 3 is 2.43 bits per heavy atom. The molecular weight excluding hydrogens is 415 g/mol. The van der Waals surface area contributed by atoms with Crippen LogP contribution in [0.3, 0.4) is 0 Å². The number of aryl methyl sites for hydroxylation is 1. The fourth-order valence-corrected chi connectivity index (χ4v) is 4.98. The minimum absolute atomic E-state index is 0. The van der Waals surface area contributed by atoms with Crippen molar-refractivity contribution in [1.29, 1.82) is 0 Å². The van der Waals surface area contributed by atoms with Crippen LogP contribution in [0.5, 0.6) is 0 Å². The summed E-state index contributed by atoms with van der Waals surface area (Å²) in [6.45, 7) is 5.26. The number of aromatic nitrogens is 1. The van der Waals surface area contributed by atoms with Crippen molar-refractivity contribution in [2.24, 2.45) is 11.7 Å². The zero-order valence-electron chi connectivity index (χ0n) is 16.0. The third-order valence-corrected chi connectivity index (χ3v) is 6.65. The molecular formula is C20H28Cl2N4OS. The second-order valence-corrected chi connectivity index (χ2v) is 8.29. The molecule has 2 aromatic rings. The highest BCUT2D eigenvalue weighted by Gasteiger charge is 2.37. The van der Waals surface area contributed by atoms with Gasteiger partial charge in [-0.1, -0.05) is 30.3 Å². The van der Waals surface area contributed by atoms with Crippen molar-refractivity contribution in [2.75, 3.05) is 31.1 Å². The second-order valence-electron chi connectivity index (χ2n) is 7.46. The van der Waals surface area contributed by atoms with Crippen LogP contribution in [-0.4, -0.2) is 48.0 Å². The lowest BCUT2D eigenvalue weighted by Crippen LogP contribution is -2.42. The summed E-state index contributed by atoms with van der Waals surface area (Å²) in [5.74, 6) is 0.654. The first-order valence-electron chi connectivity index (χ1n) is 9.38. The molecule has 0 unspecified atom stereocenters. The Morgan fingerprint density at radius 2 is 1.82 bits per heavy atom. The average molecular weight is 443 g/mol. The summed E-state index contributed by atoms with van der Waals surface area (Å²) in [5, 5.41) is 3.17. The first-order valence-corrected chi connectivity index (χ1v) is 10.3. The van der Waals surface area contributed by atoms with Crippen molar-refractivity contribution in [3.8, 4) is 0 Å². The van der Waals surface area contributed by atoms with E-state index < -0.39 is 0 Å². The number of halogens is 2. The number of carbonyl (C=O) groups is 1. The third kappa shape index (κ3) is 4.79. The Morgan fingerprint density at radius 1 is 1.14 bits per heavy atom. The maximum absolute atomic E-state index is 13.0. The fraction of sp³-hybridized carbons (Fsp3) is 0.500. The van der Waals surface area contributed by atoms with Crippen LogP contribution in [-0.2, 0) is 4.79 Å². The minimum atomic E-state index is 0. The first-order chi connectivity index (χ1) is 12.6. The fourth-order valence-electron chi connectivity index (χ4n) is 4.12. The number of nitrogens with two attached hydrogens (primary N) is 1. The molecule has 2 N–H and O–H groups in total. The summed E-state index contributed by atoms with van der Waals surface area (Å²) in [4.78, 5) is 21.9. The van der Waals surface area contributed by atoms with E-state index in [1.165, 1.54) is 5.56 Å². The van der Waals surface area contributed by atoms with E-state index in [-0.39, 0.29) is 48.6 Å². The number of likely N-dealkylation sites (tertiary alicyclic amines) is 1. The molecule has 1 aromatic heterocycles. The van der Waals surface area contributed by atoms with Gasteiger partial charge in [-0.25, -0.2) is 4.98 Å². The molecule has 28 heavy (non-hydrogen) atoms. The molecule has 0 bridgehead atoms. The number of amides is 1. The topological polar surface area (TPSA) is 62.5 Å². The van der Waals surface area contributed by atoms with E-state index in [1.54, 1.807) is 11.3 Å². The maximum atomic E-state index is 13.0. The van der Waals surface area contributed by atoms with Crippen molar-refractivity contribution in [3.63, 3.8) is 0 Å². The lowest BCUT2D eigenvalue weighted by atomic mass is 9.94. The van der Waals surface area contributed by atoms with Crippen LogP contribution in [0.2, 0.25) is 0 Å². The van der Waals surface area contributed by atoms with Crippen molar-refractivity contribution < 1.29 is 4.79 Å². The van der Waals surface area contributed by atoms with E-state index in [2.05, 4.69) is 27.4 Å². The van der Waals surface area contributed by atoms with Crippen molar-refractivity contribution >= 4 is 47.2 Å². The summed E-state index contributed by atoms with van der Waals surface area (Å²) >= 11 is 1.69.